The summed E-state index contributed by atoms with van der Waals surface area (Å²) in [4.78, 5) is 62.0. The summed E-state index contributed by atoms with van der Waals surface area (Å²) in [5, 5.41) is 6.61. The van der Waals surface area contributed by atoms with E-state index in [-0.39, 0.29) is 60.1 Å². The van der Waals surface area contributed by atoms with E-state index in [0.29, 0.717) is 77.0 Å². The van der Waals surface area contributed by atoms with Gasteiger partial charge in [-0.05, 0) is 97.8 Å². The summed E-state index contributed by atoms with van der Waals surface area (Å²) in [5.41, 5.74) is 13.4. The summed E-state index contributed by atoms with van der Waals surface area (Å²) in [5.74, 6) is 2.01. The molecule has 2 atom stereocenters. The van der Waals surface area contributed by atoms with Crippen LogP contribution in [-0.4, -0.2) is 80.2 Å². The first kappa shape index (κ1) is 48.3. The first-order chi connectivity index (χ1) is 33.9. The molecule has 70 heavy (non-hydrogen) atoms. The van der Waals surface area contributed by atoms with Crippen molar-refractivity contribution in [3.8, 4) is 23.0 Å². The lowest BCUT2D eigenvalue weighted by Gasteiger charge is -2.23. The van der Waals surface area contributed by atoms with Crippen LogP contribution in [-0.2, 0) is 35.6 Å². The minimum absolute atomic E-state index is 0.0268. The Kier molecular flexibility index (Phi) is 14.6. The van der Waals surface area contributed by atoms with Gasteiger partial charge in [0.2, 0.25) is 11.8 Å². The van der Waals surface area contributed by atoms with E-state index < -0.39 is 0 Å². The van der Waals surface area contributed by atoms with Crippen LogP contribution in [0.25, 0.3) is 0 Å². The maximum atomic E-state index is 14.1. The number of anilines is 4. The molecule has 4 N–H and O–H groups in total. The topological polar surface area (TPSA) is 172 Å². The van der Waals surface area contributed by atoms with Gasteiger partial charge in [-0.3, -0.25) is 34.5 Å². The minimum Gasteiger partial charge on any atom is -0.493 e. The van der Waals surface area contributed by atoms with Gasteiger partial charge < -0.3 is 34.5 Å². The Bertz CT molecular complexity index is 2860. The maximum Gasteiger partial charge on any atom is 0.261 e. The number of nitrogens with one attached hydrogen (secondary N) is 4. The van der Waals surface area contributed by atoms with Crippen LogP contribution in [0, 0.1) is 0 Å². The van der Waals surface area contributed by atoms with Gasteiger partial charge in [0.15, 0.2) is 23.0 Å². The fraction of sp³-hybridized carbons (Fsp3) is 0.340. The molecular formula is C53H57N7O8S2. The van der Waals surface area contributed by atoms with Crippen molar-refractivity contribution in [1.29, 1.82) is 0 Å². The van der Waals surface area contributed by atoms with Gasteiger partial charge in [0.05, 0.1) is 48.8 Å². The summed E-state index contributed by atoms with van der Waals surface area (Å²) in [6.45, 7) is 4.98. The van der Waals surface area contributed by atoms with Crippen LogP contribution >= 0.6 is 21.6 Å². The predicted octanol–water partition coefficient (Wildman–Crippen LogP) is 9.06. The second-order valence-corrected chi connectivity index (χ2v) is 21.3. The molecule has 0 aliphatic carbocycles. The largest absolute Gasteiger partial charge is 0.493 e. The number of benzene rings is 5. The normalized spacial score (nSPS) is 16.4. The van der Waals surface area contributed by atoms with Crippen LogP contribution in [0.1, 0.15) is 82.5 Å². The van der Waals surface area contributed by atoms with Crippen molar-refractivity contribution >= 4 is 79.9 Å². The third-order valence-electron chi connectivity index (χ3n) is 12.7. The van der Waals surface area contributed by atoms with Gasteiger partial charge in [-0.15, -0.1) is 0 Å². The molecule has 17 heteroatoms. The average molecular weight is 984 g/mol. The van der Waals surface area contributed by atoms with Gasteiger partial charge in [-0.2, -0.15) is 0 Å². The second kappa shape index (κ2) is 21.1. The van der Waals surface area contributed by atoms with E-state index in [0.717, 1.165) is 52.2 Å². The lowest BCUT2D eigenvalue weighted by Crippen LogP contribution is -2.39. The third kappa shape index (κ3) is 10.6. The fourth-order valence-electron chi connectivity index (χ4n) is 9.30. The number of hydrogen-bond acceptors (Lipinski definition) is 13. The van der Waals surface area contributed by atoms with Crippen LogP contribution in [0.3, 0.4) is 0 Å². The maximum absolute atomic E-state index is 14.1. The molecule has 0 spiro atoms. The van der Waals surface area contributed by atoms with Gasteiger partial charge in [-0.1, -0.05) is 58.0 Å². The minimum atomic E-state index is -0.204. The highest BCUT2D eigenvalue weighted by Gasteiger charge is 2.39. The predicted molar refractivity (Wildman–Crippen MR) is 278 cm³/mol. The molecule has 5 aromatic carbocycles. The molecule has 0 saturated carbocycles. The monoisotopic (exact) mass is 983 g/mol. The van der Waals surface area contributed by atoms with Crippen LogP contribution in [0.4, 0.5) is 28.4 Å². The van der Waals surface area contributed by atoms with E-state index in [1.165, 1.54) is 7.11 Å². The summed E-state index contributed by atoms with van der Waals surface area (Å²) in [6, 6.07) is 28.3. The number of rotatable bonds is 19. The highest BCUT2D eigenvalue weighted by molar-refractivity contribution is 8.77. The van der Waals surface area contributed by atoms with E-state index in [1.54, 1.807) is 58.8 Å². The first-order valence-electron chi connectivity index (χ1n) is 23.4. The SMILES string of the molecule is CNNC(=O)CCCSSC(C)(C)CCC(=O)Nc1cc(COc2cc3c(cc2OC)C(=O)N2c4ccccc4C[C@H]2C=N3)cc(COc2cc3c(cc2OC)C(=O)N2c4ccccc4C[C@H]2CN3)c1. The molecule has 4 heterocycles. The number of aliphatic imine (C=N–C) groups is 1. The van der Waals surface area contributed by atoms with Gasteiger partial charge >= 0.3 is 0 Å². The van der Waals surface area contributed by atoms with Crippen molar-refractivity contribution in [2.45, 2.75) is 82.4 Å². The van der Waals surface area contributed by atoms with Crippen molar-refractivity contribution in [2.24, 2.45) is 4.99 Å². The molecule has 5 aromatic rings. The van der Waals surface area contributed by atoms with Crippen molar-refractivity contribution in [1.82, 2.24) is 10.9 Å². The molecule has 9 rings (SSSR count). The molecule has 15 nitrogen and oxygen atoms in total. The Morgan fingerprint density at radius 2 is 1.41 bits per heavy atom. The second-order valence-electron chi connectivity index (χ2n) is 18.2. The first-order valence-corrected chi connectivity index (χ1v) is 25.7. The van der Waals surface area contributed by atoms with Crippen LogP contribution in [0.15, 0.2) is 96.0 Å². The van der Waals surface area contributed by atoms with Crippen LogP contribution in [0.5, 0.6) is 23.0 Å². The summed E-state index contributed by atoms with van der Waals surface area (Å²) >= 11 is 0. The molecule has 4 aliphatic rings. The fourth-order valence-corrected chi connectivity index (χ4v) is 12.0. The number of carbonyl (C=O) groups is 4. The van der Waals surface area contributed by atoms with Crippen molar-refractivity contribution < 1.29 is 38.1 Å². The standard InChI is InChI=1S/C53H57N7O8S2/c1-53(2,70-69-18-10-15-50(62)58-54-3)17-16-49(61)57-36-20-32(30-67-47-26-41-39(24-45(47)65-4)51(63)59-37(28-55-41)22-34-11-6-8-13-43(34)59)19-33(21-36)31-68-48-27-42-40(25-46(48)66-5)52(64)60-38(29-56-42)23-35-12-7-9-14-44(35)60/h6-9,11-14,19-21,24-28,37-38,54,56H,10,15-18,22-23,29-31H2,1-5H3,(H,57,61)(H,58,62)/t37-,38-/m0/s1. The number of nitrogens with zero attached hydrogens (tertiary/aromatic N) is 3. The number of amides is 4. The smallest absolute Gasteiger partial charge is 0.261 e. The van der Waals surface area contributed by atoms with E-state index >= 15 is 0 Å². The zero-order valence-electron chi connectivity index (χ0n) is 39.9. The molecule has 364 valence electrons. The molecule has 0 unspecified atom stereocenters. The number of hydrogen-bond donors (Lipinski definition) is 4. The highest BCUT2D eigenvalue weighted by Crippen LogP contribution is 2.44. The Balaban J connectivity index is 0.927. The Hall–Kier alpha value is -6.69. The lowest BCUT2D eigenvalue weighted by molar-refractivity contribution is -0.122. The zero-order chi connectivity index (χ0) is 48.9. The summed E-state index contributed by atoms with van der Waals surface area (Å²) in [6.07, 6.45) is 5.37. The Morgan fingerprint density at radius 1 is 0.771 bits per heavy atom. The molecule has 0 radical (unpaired) electrons. The van der Waals surface area contributed by atoms with Gasteiger partial charge in [0, 0.05) is 78.8 Å². The molecule has 0 fully saturated rings. The number of para-hydroxylation sites is 2. The molecule has 4 amide bonds. The lowest BCUT2D eigenvalue weighted by atomic mass is 10.1. The molecule has 4 aliphatic heterocycles. The Labute approximate surface area is 415 Å². The molecular weight excluding hydrogens is 927 g/mol. The number of carbonyl (C=O) groups excluding carboxylic acids is 4. The van der Waals surface area contributed by atoms with E-state index in [9.17, 15) is 19.2 Å². The number of fused-ring (bicyclic) bond motifs is 8. The number of ether oxygens (including phenoxy) is 4. The van der Waals surface area contributed by atoms with Crippen molar-refractivity contribution in [3.05, 3.63) is 124 Å². The average Bonchev–Trinajstić information content (AvgIpc) is 3.85. The molecule has 0 bridgehead atoms. The van der Waals surface area contributed by atoms with Crippen LogP contribution in [0.2, 0.25) is 0 Å². The van der Waals surface area contributed by atoms with Crippen LogP contribution < -0.4 is 50.2 Å². The van der Waals surface area contributed by atoms with Gasteiger partial charge in [-0.25, -0.2) is 5.43 Å². The highest BCUT2D eigenvalue weighted by atomic mass is 33.1. The molecule has 0 aromatic heterocycles. The van der Waals surface area contributed by atoms with Gasteiger partial charge in [0.1, 0.15) is 13.2 Å². The zero-order valence-corrected chi connectivity index (χ0v) is 41.5. The summed E-state index contributed by atoms with van der Waals surface area (Å²) < 4.78 is 24.4. The third-order valence-corrected chi connectivity index (χ3v) is 16.2. The molecule has 0 saturated heterocycles. The summed E-state index contributed by atoms with van der Waals surface area (Å²) in [7, 11) is 8.17. The number of methoxy groups -OCH3 is 2. The van der Waals surface area contributed by atoms with E-state index in [2.05, 4.69) is 41.4 Å². The van der Waals surface area contributed by atoms with E-state index in [4.69, 9.17) is 23.9 Å². The van der Waals surface area contributed by atoms with Crippen molar-refractivity contribution in [3.63, 3.8) is 0 Å². The van der Waals surface area contributed by atoms with Crippen molar-refractivity contribution in [2.75, 3.05) is 54.0 Å². The quantitative estimate of drug-likeness (QED) is 0.0352. The Morgan fingerprint density at radius 3 is 2.11 bits per heavy atom. The van der Waals surface area contributed by atoms with E-state index in [1.807, 2.05) is 77.8 Å². The number of hydrazine groups is 1. The van der Waals surface area contributed by atoms with Gasteiger partial charge in [0.25, 0.3) is 11.8 Å².